The molecule has 1 amide bonds. The van der Waals surface area contributed by atoms with Crippen LogP contribution >= 0.6 is 0 Å². The van der Waals surface area contributed by atoms with E-state index in [0.717, 1.165) is 11.1 Å². The van der Waals surface area contributed by atoms with E-state index in [9.17, 15) is 13.2 Å². The van der Waals surface area contributed by atoms with Crippen molar-refractivity contribution in [3.63, 3.8) is 0 Å². The van der Waals surface area contributed by atoms with Crippen LogP contribution in [0.3, 0.4) is 0 Å². The molecule has 3 aromatic carbocycles. The van der Waals surface area contributed by atoms with Crippen molar-refractivity contribution >= 4 is 32.9 Å². The van der Waals surface area contributed by atoms with Crippen LogP contribution in [0.1, 0.15) is 22.3 Å². The van der Waals surface area contributed by atoms with Gasteiger partial charge in [-0.1, -0.05) is 66.7 Å². The predicted molar refractivity (Wildman–Crippen MR) is 130 cm³/mol. The van der Waals surface area contributed by atoms with Gasteiger partial charge in [0.2, 0.25) is 0 Å². The molecule has 32 heavy (non-hydrogen) atoms. The first-order valence-corrected chi connectivity index (χ1v) is 11.7. The van der Waals surface area contributed by atoms with Gasteiger partial charge in [0.05, 0.1) is 12.2 Å². The first kappa shape index (κ1) is 21.6. The summed E-state index contributed by atoms with van der Waals surface area (Å²) in [6.07, 6.45) is 1.52. The number of hydrogen-bond donors (Lipinski definition) is 1. The molecule has 1 heterocycles. The lowest BCUT2D eigenvalue weighted by molar-refractivity contribution is -0.112. The van der Waals surface area contributed by atoms with E-state index in [-0.39, 0.29) is 11.4 Å². The largest absolute Gasteiger partial charge is 0.321 e. The highest BCUT2D eigenvalue weighted by atomic mass is 32.2. The Kier molecular flexibility index (Phi) is 5.72. The van der Waals surface area contributed by atoms with Crippen molar-refractivity contribution in [2.24, 2.45) is 0 Å². The number of fused-ring (bicyclic) bond motifs is 1. The number of benzene rings is 3. The summed E-state index contributed by atoms with van der Waals surface area (Å²) in [5.74, 6) is -0.666. The fraction of sp³-hybridized carbons (Fsp3) is 0.115. The van der Waals surface area contributed by atoms with Crippen LogP contribution < -0.4 is 9.62 Å². The van der Waals surface area contributed by atoms with Crippen LogP contribution in [-0.4, -0.2) is 20.9 Å². The van der Waals surface area contributed by atoms with Crippen LogP contribution in [0.2, 0.25) is 0 Å². The second-order valence-corrected chi connectivity index (χ2v) is 9.41. The van der Waals surface area contributed by atoms with Crippen LogP contribution in [0.4, 0.5) is 11.4 Å². The maximum absolute atomic E-state index is 13.8. The lowest BCUT2D eigenvalue weighted by atomic mass is 9.95. The van der Waals surface area contributed by atoms with Crippen molar-refractivity contribution in [3.8, 4) is 0 Å². The van der Waals surface area contributed by atoms with E-state index in [2.05, 4.69) is 11.9 Å². The number of sulfonamides is 1. The molecule has 0 aromatic heterocycles. The fourth-order valence-corrected chi connectivity index (χ4v) is 5.61. The van der Waals surface area contributed by atoms with Gasteiger partial charge >= 0.3 is 0 Å². The smallest absolute Gasteiger partial charge is 0.270 e. The number of amides is 1. The third-order valence-electron chi connectivity index (χ3n) is 5.63. The minimum Gasteiger partial charge on any atom is -0.321 e. The third-order valence-corrected chi connectivity index (χ3v) is 7.47. The zero-order chi connectivity index (χ0) is 22.9. The minimum atomic E-state index is -4.15. The molecule has 5 nitrogen and oxygen atoms in total. The Morgan fingerprint density at radius 3 is 2.38 bits per heavy atom. The van der Waals surface area contributed by atoms with Crippen LogP contribution in [-0.2, 0) is 14.8 Å². The van der Waals surface area contributed by atoms with Crippen molar-refractivity contribution in [1.82, 2.24) is 0 Å². The number of para-hydroxylation sites is 1. The van der Waals surface area contributed by atoms with Crippen LogP contribution in [0, 0.1) is 13.8 Å². The van der Waals surface area contributed by atoms with E-state index in [1.54, 1.807) is 18.2 Å². The number of hydrogen-bond acceptors (Lipinski definition) is 3. The second kappa shape index (κ2) is 8.48. The van der Waals surface area contributed by atoms with Crippen molar-refractivity contribution in [3.05, 3.63) is 113 Å². The van der Waals surface area contributed by atoms with E-state index in [1.807, 2.05) is 68.4 Å². The van der Waals surface area contributed by atoms with Gasteiger partial charge in [0.1, 0.15) is 0 Å². The summed E-state index contributed by atoms with van der Waals surface area (Å²) < 4.78 is 28.8. The van der Waals surface area contributed by atoms with Crippen LogP contribution in [0.15, 0.2) is 90.4 Å². The van der Waals surface area contributed by atoms with Crippen LogP contribution in [0.5, 0.6) is 0 Å². The molecule has 162 valence electrons. The molecule has 0 radical (unpaired) electrons. The zero-order valence-electron chi connectivity index (χ0n) is 18.0. The molecule has 0 spiro atoms. The molecule has 0 atom stereocenters. The topological polar surface area (TPSA) is 66.5 Å². The monoisotopic (exact) mass is 444 g/mol. The van der Waals surface area contributed by atoms with Gasteiger partial charge in [0, 0.05) is 16.8 Å². The summed E-state index contributed by atoms with van der Waals surface area (Å²) in [6, 6.07) is 21.9. The summed E-state index contributed by atoms with van der Waals surface area (Å²) in [5, 5.41) is 2.84. The highest BCUT2D eigenvalue weighted by molar-refractivity contribution is 7.97. The average Bonchev–Trinajstić information content (AvgIpc) is 2.78. The van der Waals surface area contributed by atoms with Crippen molar-refractivity contribution < 1.29 is 13.2 Å². The molecule has 1 aliphatic rings. The zero-order valence-corrected chi connectivity index (χ0v) is 18.8. The van der Waals surface area contributed by atoms with Gasteiger partial charge in [0.15, 0.2) is 4.91 Å². The summed E-state index contributed by atoms with van der Waals surface area (Å²) in [6.45, 7) is 7.60. The number of nitrogens with one attached hydrogen (secondary N) is 1. The van der Waals surface area contributed by atoms with Gasteiger partial charge in [0.25, 0.3) is 15.9 Å². The molecular weight excluding hydrogens is 420 g/mol. The number of nitrogens with zero attached hydrogens (tertiary/aromatic N) is 1. The summed E-state index contributed by atoms with van der Waals surface area (Å²) in [7, 11) is -4.15. The third kappa shape index (κ3) is 3.63. The standard InChI is InChI=1S/C26H24N2O3S/c1-4-17-28-23-16-9-8-14-21(23)24(20-12-6-5-7-13-20)25(32(28,30)31)26(29)27-22-15-10-11-18(2)19(22)3/h4-16H,1,17H2,2-3H3,(H,27,29). The van der Waals surface area contributed by atoms with E-state index < -0.39 is 15.9 Å². The van der Waals surface area contributed by atoms with Crippen LogP contribution in [0.25, 0.3) is 5.57 Å². The van der Waals surface area contributed by atoms with E-state index in [0.29, 0.717) is 28.1 Å². The van der Waals surface area contributed by atoms with Crippen molar-refractivity contribution in [1.29, 1.82) is 0 Å². The maximum Gasteiger partial charge on any atom is 0.270 e. The van der Waals surface area contributed by atoms with E-state index >= 15 is 0 Å². The van der Waals surface area contributed by atoms with Gasteiger partial charge in [-0.2, -0.15) is 0 Å². The van der Waals surface area contributed by atoms with Crippen molar-refractivity contribution in [2.75, 3.05) is 16.2 Å². The Balaban J connectivity index is 1.99. The number of carbonyl (C=O) groups excluding carboxylic acids is 1. The van der Waals surface area contributed by atoms with E-state index in [1.165, 1.54) is 10.4 Å². The van der Waals surface area contributed by atoms with Gasteiger partial charge in [-0.15, -0.1) is 6.58 Å². The SMILES string of the molecule is C=CCN1c2ccccc2C(c2ccccc2)=C(C(=O)Nc2cccc(C)c2C)S1(=O)=O. The van der Waals surface area contributed by atoms with Gasteiger partial charge in [-0.3, -0.25) is 9.10 Å². The highest BCUT2D eigenvalue weighted by Gasteiger charge is 2.40. The Hall–Kier alpha value is -3.64. The predicted octanol–water partition coefficient (Wildman–Crippen LogP) is 5.04. The average molecular weight is 445 g/mol. The first-order valence-electron chi connectivity index (χ1n) is 10.3. The number of rotatable bonds is 5. The molecule has 0 unspecified atom stereocenters. The Morgan fingerprint density at radius 2 is 1.66 bits per heavy atom. The quantitative estimate of drug-likeness (QED) is 0.561. The first-order chi connectivity index (χ1) is 15.4. The number of carbonyl (C=O) groups is 1. The number of aryl methyl sites for hydroxylation is 1. The Morgan fingerprint density at radius 1 is 0.969 bits per heavy atom. The van der Waals surface area contributed by atoms with Crippen molar-refractivity contribution in [2.45, 2.75) is 13.8 Å². The summed E-state index contributed by atoms with van der Waals surface area (Å²) in [5.41, 5.74) is 4.73. The van der Waals surface area contributed by atoms with Gasteiger partial charge in [-0.25, -0.2) is 8.42 Å². The molecular formula is C26H24N2O3S. The molecule has 0 bridgehead atoms. The maximum atomic E-state index is 13.8. The fourth-order valence-electron chi connectivity index (χ4n) is 3.89. The molecule has 0 aliphatic carbocycles. The normalized spacial score (nSPS) is 14.6. The Labute approximate surface area is 188 Å². The molecule has 0 fully saturated rings. The molecule has 0 saturated carbocycles. The molecule has 6 heteroatoms. The summed E-state index contributed by atoms with van der Waals surface area (Å²) >= 11 is 0. The molecule has 4 rings (SSSR count). The van der Waals surface area contributed by atoms with Gasteiger partial charge in [-0.05, 0) is 42.7 Å². The lowest BCUT2D eigenvalue weighted by Gasteiger charge is -2.33. The van der Waals surface area contributed by atoms with E-state index in [4.69, 9.17) is 0 Å². The number of anilines is 2. The van der Waals surface area contributed by atoms with Gasteiger partial charge < -0.3 is 5.32 Å². The minimum absolute atomic E-state index is 0.0572. The Bertz CT molecular complexity index is 1340. The molecule has 1 aliphatic heterocycles. The lowest BCUT2D eigenvalue weighted by Crippen LogP contribution is -2.39. The molecule has 1 N–H and O–H groups in total. The molecule has 3 aromatic rings. The summed E-state index contributed by atoms with van der Waals surface area (Å²) in [4.78, 5) is 13.3. The molecule has 0 saturated heterocycles. The second-order valence-electron chi connectivity index (χ2n) is 7.61. The highest BCUT2D eigenvalue weighted by Crippen LogP contribution is 2.43.